The molecular formula is C12H13BrN2O2. The number of aliphatic hydroxyl groups excluding tert-OH is 1. The molecular weight excluding hydrogens is 284 g/mol. The number of ether oxygens (including phenoxy) is 1. The Hall–Kier alpha value is -1.33. The van der Waals surface area contributed by atoms with Gasteiger partial charge in [0.1, 0.15) is 0 Å². The van der Waals surface area contributed by atoms with Crippen molar-refractivity contribution in [2.45, 2.75) is 6.42 Å². The third-order valence-corrected chi connectivity index (χ3v) is 2.97. The Morgan fingerprint density at radius 3 is 2.65 bits per heavy atom. The number of hydrogen-bond acceptors (Lipinski definition) is 3. The van der Waals surface area contributed by atoms with E-state index in [0.29, 0.717) is 12.3 Å². The molecule has 0 amide bonds. The first-order chi connectivity index (χ1) is 8.26. The van der Waals surface area contributed by atoms with Crippen molar-refractivity contribution in [2.75, 3.05) is 13.7 Å². The van der Waals surface area contributed by atoms with Gasteiger partial charge in [-0.05, 0) is 24.3 Å². The summed E-state index contributed by atoms with van der Waals surface area (Å²) < 4.78 is 8.07. The van der Waals surface area contributed by atoms with Gasteiger partial charge >= 0.3 is 0 Å². The molecule has 0 bridgehead atoms. The predicted molar refractivity (Wildman–Crippen MR) is 68.6 cm³/mol. The largest absolute Gasteiger partial charge is 0.481 e. The third kappa shape index (κ3) is 2.50. The summed E-state index contributed by atoms with van der Waals surface area (Å²) in [6, 6.07) is 7.79. The fraction of sp³-hybridized carbons (Fsp3) is 0.250. The standard InChI is InChI=1S/C12H13BrN2O2/c1-17-12-9(6-7-16)8-14-15(12)11-4-2-10(13)3-5-11/h2-5,8,16H,6-7H2,1H3. The van der Waals surface area contributed by atoms with Crippen molar-refractivity contribution in [3.63, 3.8) is 0 Å². The summed E-state index contributed by atoms with van der Waals surface area (Å²) >= 11 is 3.39. The normalized spacial score (nSPS) is 10.5. The van der Waals surface area contributed by atoms with Crippen LogP contribution < -0.4 is 4.74 Å². The quantitative estimate of drug-likeness (QED) is 0.941. The highest BCUT2D eigenvalue weighted by Gasteiger charge is 2.11. The molecule has 4 nitrogen and oxygen atoms in total. The zero-order chi connectivity index (χ0) is 12.3. The van der Waals surface area contributed by atoms with Crippen LogP contribution in [0.15, 0.2) is 34.9 Å². The minimum absolute atomic E-state index is 0.0857. The van der Waals surface area contributed by atoms with Crippen LogP contribution in [0.5, 0.6) is 5.88 Å². The molecule has 1 aromatic carbocycles. The topological polar surface area (TPSA) is 47.3 Å². The average molecular weight is 297 g/mol. The minimum Gasteiger partial charge on any atom is -0.481 e. The second-order valence-corrected chi connectivity index (χ2v) is 4.46. The average Bonchev–Trinajstić information content (AvgIpc) is 2.73. The second kappa shape index (κ2) is 5.33. The lowest BCUT2D eigenvalue weighted by atomic mass is 10.2. The predicted octanol–water partition coefficient (Wildman–Crippen LogP) is 2.18. The molecule has 0 radical (unpaired) electrons. The minimum atomic E-state index is 0.0857. The summed E-state index contributed by atoms with van der Waals surface area (Å²) in [5, 5.41) is 13.2. The van der Waals surface area contributed by atoms with Gasteiger partial charge in [-0.15, -0.1) is 0 Å². The summed E-state index contributed by atoms with van der Waals surface area (Å²) in [5.74, 6) is 0.668. The van der Waals surface area contributed by atoms with Gasteiger partial charge in [0.15, 0.2) is 0 Å². The Bertz CT molecular complexity index is 494. The summed E-state index contributed by atoms with van der Waals surface area (Å²) in [5.41, 5.74) is 1.83. The van der Waals surface area contributed by atoms with Crippen LogP contribution in [0.25, 0.3) is 5.69 Å². The van der Waals surface area contributed by atoms with E-state index in [9.17, 15) is 0 Å². The first kappa shape index (κ1) is 12.1. The lowest BCUT2D eigenvalue weighted by Crippen LogP contribution is -2.01. The van der Waals surface area contributed by atoms with Crippen LogP contribution in [-0.2, 0) is 6.42 Å². The highest BCUT2D eigenvalue weighted by atomic mass is 79.9. The molecule has 1 aromatic heterocycles. The summed E-state index contributed by atoms with van der Waals surface area (Å²) in [7, 11) is 1.60. The molecule has 0 aliphatic heterocycles. The number of methoxy groups -OCH3 is 1. The molecule has 0 atom stereocenters. The van der Waals surface area contributed by atoms with Crippen molar-refractivity contribution in [2.24, 2.45) is 0 Å². The molecule has 0 fully saturated rings. The van der Waals surface area contributed by atoms with Crippen LogP contribution in [-0.4, -0.2) is 28.6 Å². The van der Waals surface area contributed by atoms with Gasteiger partial charge in [-0.2, -0.15) is 5.10 Å². The van der Waals surface area contributed by atoms with E-state index in [-0.39, 0.29) is 6.61 Å². The molecule has 0 spiro atoms. The van der Waals surface area contributed by atoms with Crippen LogP contribution >= 0.6 is 15.9 Å². The van der Waals surface area contributed by atoms with E-state index in [4.69, 9.17) is 9.84 Å². The number of aromatic nitrogens is 2. The second-order valence-electron chi connectivity index (χ2n) is 3.54. The van der Waals surface area contributed by atoms with Gasteiger partial charge in [0, 0.05) is 23.1 Å². The summed E-state index contributed by atoms with van der Waals surface area (Å²) in [6.45, 7) is 0.0857. The molecule has 0 saturated heterocycles. The lowest BCUT2D eigenvalue weighted by Gasteiger charge is -2.07. The van der Waals surface area contributed by atoms with E-state index < -0.39 is 0 Å². The zero-order valence-corrected chi connectivity index (χ0v) is 11.0. The van der Waals surface area contributed by atoms with Crippen LogP contribution in [0.2, 0.25) is 0 Å². The fourth-order valence-corrected chi connectivity index (χ4v) is 1.91. The lowest BCUT2D eigenvalue weighted by molar-refractivity contribution is 0.296. The van der Waals surface area contributed by atoms with Gasteiger partial charge < -0.3 is 9.84 Å². The number of nitrogens with zero attached hydrogens (tertiary/aromatic N) is 2. The summed E-state index contributed by atoms with van der Waals surface area (Å²) in [6.07, 6.45) is 2.26. The number of rotatable bonds is 4. The van der Waals surface area contributed by atoms with Crippen molar-refractivity contribution in [3.8, 4) is 11.6 Å². The van der Waals surface area contributed by atoms with Crippen LogP contribution in [0.1, 0.15) is 5.56 Å². The molecule has 1 N–H and O–H groups in total. The van der Waals surface area contributed by atoms with Gasteiger partial charge in [0.25, 0.3) is 0 Å². The van der Waals surface area contributed by atoms with Gasteiger partial charge in [0.05, 0.1) is 19.0 Å². The molecule has 0 aliphatic carbocycles. The van der Waals surface area contributed by atoms with Gasteiger partial charge in [-0.25, -0.2) is 4.68 Å². The molecule has 0 unspecified atom stereocenters. The molecule has 0 aliphatic rings. The first-order valence-electron chi connectivity index (χ1n) is 5.24. The maximum Gasteiger partial charge on any atom is 0.219 e. The van der Waals surface area contributed by atoms with E-state index in [1.54, 1.807) is 18.0 Å². The highest BCUT2D eigenvalue weighted by Crippen LogP contribution is 2.23. The Morgan fingerprint density at radius 2 is 2.06 bits per heavy atom. The Kier molecular flexibility index (Phi) is 3.81. The van der Waals surface area contributed by atoms with Gasteiger partial charge in [-0.3, -0.25) is 0 Å². The van der Waals surface area contributed by atoms with E-state index in [2.05, 4.69) is 21.0 Å². The van der Waals surface area contributed by atoms with E-state index >= 15 is 0 Å². The number of benzene rings is 1. The fourth-order valence-electron chi connectivity index (χ4n) is 1.65. The number of hydrogen-bond donors (Lipinski definition) is 1. The smallest absolute Gasteiger partial charge is 0.219 e. The molecule has 5 heteroatoms. The van der Waals surface area contributed by atoms with Gasteiger partial charge in [0.2, 0.25) is 5.88 Å². The number of aliphatic hydroxyl groups is 1. The number of halogens is 1. The molecule has 2 aromatic rings. The van der Waals surface area contributed by atoms with Crippen molar-refractivity contribution in [3.05, 3.63) is 40.5 Å². The molecule has 2 rings (SSSR count). The Morgan fingerprint density at radius 1 is 1.35 bits per heavy atom. The van der Waals surface area contributed by atoms with Crippen LogP contribution in [0.3, 0.4) is 0 Å². The third-order valence-electron chi connectivity index (χ3n) is 2.44. The van der Waals surface area contributed by atoms with Crippen molar-refractivity contribution in [1.29, 1.82) is 0 Å². The van der Waals surface area contributed by atoms with Crippen molar-refractivity contribution >= 4 is 15.9 Å². The Balaban J connectivity index is 2.41. The van der Waals surface area contributed by atoms with E-state index in [0.717, 1.165) is 15.7 Å². The zero-order valence-electron chi connectivity index (χ0n) is 9.43. The van der Waals surface area contributed by atoms with Crippen molar-refractivity contribution < 1.29 is 9.84 Å². The van der Waals surface area contributed by atoms with Gasteiger partial charge in [-0.1, -0.05) is 15.9 Å². The van der Waals surface area contributed by atoms with Crippen LogP contribution in [0.4, 0.5) is 0 Å². The van der Waals surface area contributed by atoms with E-state index in [1.807, 2.05) is 24.3 Å². The monoisotopic (exact) mass is 296 g/mol. The van der Waals surface area contributed by atoms with Crippen LogP contribution in [0, 0.1) is 0 Å². The first-order valence-corrected chi connectivity index (χ1v) is 6.03. The molecule has 1 heterocycles. The summed E-state index contributed by atoms with van der Waals surface area (Å²) in [4.78, 5) is 0. The molecule has 0 saturated carbocycles. The Labute approximate surface area is 108 Å². The maximum absolute atomic E-state index is 8.96. The maximum atomic E-state index is 8.96. The van der Waals surface area contributed by atoms with E-state index in [1.165, 1.54) is 0 Å². The van der Waals surface area contributed by atoms with Crippen molar-refractivity contribution in [1.82, 2.24) is 9.78 Å². The molecule has 17 heavy (non-hydrogen) atoms. The molecule has 90 valence electrons. The SMILES string of the molecule is COc1c(CCO)cnn1-c1ccc(Br)cc1. The highest BCUT2D eigenvalue weighted by molar-refractivity contribution is 9.10.